The van der Waals surface area contributed by atoms with E-state index in [2.05, 4.69) is 20.9 Å². The van der Waals surface area contributed by atoms with Crippen molar-refractivity contribution in [2.45, 2.75) is 46.3 Å². The molecule has 180 valence electrons. The number of anilines is 1. The Morgan fingerprint density at radius 1 is 1.18 bits per heavy atom. The van der Waals surface area contributed by atoms with Gasteiger partial charge in [-0.25, -0.2) is 19.0 Å². The van der Waals surface area contributed by atoms with Crippen LogP contribution in [0, 0.1) is 5.82 Å². The minimum Gasteiger partial charge on any atom is -0.444 e. The van der Waals surface area contributed by atoms with E-state index in [9.17, 15) is 18.8 Å². The zero-order valence-corrected chi connectivity index (χ0v) is 19.7. The third-order valence-corrected chi connectivity index (χ3v) is 4.70. The first-order valence-electron chi connectivity index (χ1n) is 10.9. The summed E-state index contributed by atoms with van der Waals surface area (Å²) in [7, 11) is 0. The summed E-state index contributed by atoms with van der Waals surface area (Å²) in [6.45, 7) is 9.04. The molecule has 3 rings (SSSR count). The molecule has 0 spiro atoms. The normalized spacial score (nSPS) is 12.2. The van der Waals surface area contributed by atoms with Gasteiger partial charge < -0.3 is 20.7 Å². The van der Waals surface area contributed by atoms with Gasteiger partial charge in [-0.2, -0.15) is 0 Å². The van der Waals surface area contributed by atoms with E-state index < -0.39 is 35.1 Å². The fourth-order valence-electron chi connectivity index (χ4n) is 3.34. The van der Waals surface area contributed by atoms with Gasteiger partial charge in [0.2, 0.25) is 0 Å². The van der Waals surface area contributed by atoms with Gasteiger partial charge in [-0.15, -0.1) is 0 Å². The largest absolute Gasteiger partial charge is 0.444 e. The van der Waals surface area contributed by atoms with Gasteiger partial charge in [-0.1, -0.05) is 12.1 Å². The van der Waals surface area contributed by atoms with Crippen LogP contribution in [0.25, 0.3) is 16.6 Å². The maximum Gasteiger partial charge on any atom is 0.408 e. The van der Waals surface area contributed by atoms with Crippen molar-refractivity contribution in [3.8, 4) is 5.69 Å². The highest BCUT2D eigenvalue weighted by atomic mass is 19.1. The van der Waals surface area contributed by atoms with Crippen molar-refractivity contribution in [3.63, 3.8) is 0 Å². The molecule has 3 N–H and O–H groups in total. The van der Waals surface area contributed by atoms with Crippen LogP contribution in [0.2, 0.25) is 0 Å². The average Bonchev–Trinajstić information content (AvgIpc) is 2.73. The average molecular weight is 470 g/mol. The molecule has 9 nitrogen and oxygen atoms in total. The standard InChI is InChI=1S/C24H28FN5O4/c1-6-26-22(32)28-15-9-7-10-16(13-15)30-20(14(2)27-23(33)34-24(3,4)5)29-19-17(21(30)31)11-8-12-18(19)25/h7-14H,6H2,1-5H3,(H,27,33)(H2,26,28,32). The molecule has 3 amide bonds. The predicted octanol–water partition coefficient (Wildman–Crippen LogP) is 4.25. The molecule has 1 heterocycles. The lowest BCUT2D eigenvalue weighted by Crippen LogP contribution is -2.37. The Balaban J connectivity index is 2.13. The number of halogens is 1. The zero-order chi connectivity index (χ0) is 25.0. The molecule has 0 fully saturated rings. The number of para-hydroxylation sites is 1. The molecular weight excluding hydrogens is 441 g/mol. The first kappa shape index (κ1) is 24.7. The molecular formula is C24H28FN5O4. The highest BCUT2D eigenvalue weighted by Gasteiger charge is 2.23. The molecule has 0 radical (unpaired) electrons. The molecule has 34 heavy (non-hydrogen) atoms. The Morgan fingerprint density at radius 3 is 2.56 bits per heavy atom. The highest BCUT2D eigenvalue weighted by Crippen LogP contribution is 2.22. The minimum atomic E-state index is -0.813. The lowest BCUT2D eigenvalue weighted by Gasteiger charge is -2.23. The number of fused-ring (bicyclic) bond motifs is 1. The number of hydrogen-bond donors (Lipinski definition) is 3. The molecule has 10 heteroatoms. The number of nitrogens with zero attached hydrogens (tertiary/aromatic N) is 2. The van der Waals surface area contributed by atoms with Gasteiger partial charge in [0.15, 0.2) is 0 Å². The Labute approximate surface area is 196 Å². The second kappa shape index (κ2) is 9.90. The van der Waals surface area contributed by atoms with Crippen molar-refractivity contribution in [1.29, 1.82) is 0 Å². The number of carbonyl (C=O) groups excluding carboxylic acids is 2. The van der Waals surface area contributed by atoms with Gasteiger partial charge in [0.05, 0.1) is 17.1 Å². The SMILES string of the molecule is CCNC(=O)Nc1cccc(-n2c(C(C)NC(=O)OC(C)(C)C)nc3c(F)cccc3c2=O)c1. The first-order chi connectivity index (χ1) is 16.0. The zero-order valence-electron chi connectivity index (χ0n) is 19.7. The van der Waals surface area contributed by atoms with E-state index in [1.165, 1.54) is 22.8 Å². The fraction of sp³-hybridized carbons (Fsp3) is 0.333. The van der Waals surface area contributed by atoms with Gasteiger partial charge in [-0.05, 0) is 65.0 Å². The number of benzene rings is 2. The monoisotopic (exact) mass is 469 g/mol. The molecule has 0 saturated heterocycles. The van der Waals surface area contributed by atoms with Crippen LogP contribution < -0.4 is 21.5 Å². The molecule has 1 atom stereocenters. The van der Waals surface area contributed by atoms with Crippen molar-refractivity contribution in [2.24, 2.45) is 0 Å². The Kier molecular flexibility index (Phi) is 7.19. The molecule has 0 saturated carbocycles. The summed E-state index contributed by atoms with van der Waals surface area (Å²) in [6, 6.07) is 9.49. The number of rotatable bonds is 5. The lowest BCUT2D eigenvalue weighted by molar-refractivity contribution is 0.0505. The van der Waals surface area contributed by atoms with Crippen LogP contribution in [-0.4, -0.2) is 33.8 Å². The molecule has 1 unspecified atom stereocenters. The topological polar surface area (TPSA) is 114 Å². The summed E-state index contributed by atoms with van der Waals surface area (Å²) in [5.74, 6) is -0.553. The number of carbonyl (C=O) groups is 2. The van der Waals surface area contributed by atoms with Crippen molar-refractivity contribution in [1.82, 2.24) is 20.2 Å². The maximum atomic E-state index is 14.5. The summed E-state index contributed by atoms with van der Waals surface area (Å²) in [5.41, 5.74) is -0.536. The van der Waals surface area contributed by atoms with Crippen LogP contribution in [0.1, 0.15) is 46.5 Å². The number of ether oxygens (including phenoxy) is 1. The van der Waals surface area contributed by atoms with E-state index in [0.717, 1.165) is 0 Å². The quantitative estimate of drug-likeness (QED) is 0.517. The third-order valence-electron chi connectivity index (χ3n) is 4.70. The van der Waals surface area contributed by atoms with Gasteiger partial charge in [0.1, 0.15) is 22.8 Å². The number of urea groups is 1. The van der Waals surface area contributed by atoms with Crippen molar-refractivity contribution >= 4 is 28.7 Å². The molecule has 1 aromatic heterocycles. The smallest absolute Gasteiger partial charge is 0.408 e. The van der Waals surface area contributed by atoms with Gasteiger partial charge >= 0.3 is 12.1 Å². The minimum absolute atomic E-state index is 0.0790. The van der Waals surface area contributed by atoms with Crippen LogP contribution in [0.3, 0.4) is 0 Å². The van der Waals surface area contributed by atoms with E-state index in [4.69, 9.17) is 4.74 Å². The number of aromatic nitrogens is 2. The molecule has 0 aliphatic heterocycles. The molecule has 0 bridgehead atoms. The summed E-state index contributed by atoms with van der Waals surface area (Å²) in [6.07, 6.45) is -0.707. The second-order valence-electron chi connectivity index (χ2n) is 8.65. The van der Waals surface area contributed by atoms with E-state index in [1.807, 2.05) is 0 Å². The van der Waals surface area contributed by atoms with E-state index in [0.29, 0.717) is 17.9 Å². The van der Waals surface area contributed by atoms with Crippen molar-refractivity contribution < 1.29 is 18.7 Å². The summed E-state index contributed by atoms with van der Waals surface area (Å²) in [5, 5.41) is 8.05. The second-order valence-corrected chi connectivity index (χ2v) is 8.65. The van der Waals surface area contributed by atoms with E-state index >= 15 is 0 Å². The third kappa shape index (κ3) is 5.69. The van der Waals surface area contributed by atoms with Crippen LogP contribution in [-0.2, 0) is 4.74 Å². The predicted molar refractivity (Wildman–Crippen MR) is 128 cm³/mol. The molecule has 3 aromatic rings. The fourth-order valence-corrected chi connectivity index (χ4v) is 3.34. The first-order valence-corrected chi connectivity index (χ1v) is 10.9. The number of alkyl carbamates (subject to hydrolysis) is 1. The van der Waals surface area contributed by atoms with Crippen LogP contribution >= 0.6 is 0 Å². The Bertz CT molecular complexity index is 1280. The highest BCUT2D eigenvalue weighted by molar-refractivity contribution is 5.89. The maximum absolute atomic E-state index is 14.5. The van der Waals surface area contributed by atoms with Crippen molar-refractivity contribution in [3.05, 3.63) is 64.5 Å². The Morgan fingerprint density at radius 2 is 1.88 bits per heavy atom. The van der Waals surface area contributed by atoms with Gasteiger partial charge in [0.25, 0.3) is 5.56 Å². The number of hydrogen-bond acceptors (Lipinski definition) is 5. The van der Waals surface area contributed by atoms with Crippen LogP contribution in [0.4, 0.5) is 19.7 Å². The summed E-state index contributed by atoms with van der Waals surface area (Å²) in [4.78, 5) is 42.2. The number of nitrogens with one attached hydrogen (secondary N) is 3. The summed E-state index contributed by atoms with van der Waals surface area (Å²) >= 11 is 0. The molecule has 0 aliphatic carbocycles. The van der Waals surface area contributed by atoms with Gasteiger partial charge in [-0.3, -0.25) is 9.36 Å². The lowest BCUT2D eigenvalue weighted by atomic mass is 10.2. The van der Waals surface area contributed by atoms with E-state index in [1.54, 1.807) is 58.9 Å². The van der Waals surface area contributed by atoms with Crippen LogP contribution in [0.15, 0.2) is 47.3 Å². The molecule has 0 aliphatic rings. The van der Waals surface area contributed by atoms with Crippen LogP contribution in [0.5, 0.6) is 0 Å². The van der Waals surface area contributed by atoms with Crippen molar-refractivity contribution in [2.75, 3.05) is 11.9 Å². The van der Waals surface area contributed by atoms with E-state index in [-0.39, 0.29) is 16.7 Å². The number of amides is 3. The summed E-state index contributed by atoms with van der Waals surface area (Å²) < 4.78 is 21.1. The Hall–Kier alpha value is -3.95. The molecule has 2 aromatic carbocycles. The van der Waals surface area contributed by atoms with Gasteiger partial charge in [0, 0.05) is 12.2 Å².